The molecule has 4 aromatic rings. The fourth-order valence-corrected chi connectivity index (χ4v) is 5.41. The van der Waals surface area contributed by atoms with Crippen LogP contribution in [0.1, 0.15) is 17.0 Å². The lowest BCUT2D eigenvalue weighted by molar-refractivity contribution is 0.602. The molecule has 0 unspecified atom stereocenters. The second kappa shape index (κ2) is 7.56. The van der Waals surface area contributed by atoms with Crippen molar-refractivity contribution in [3.63, 3.8) is 0 Å². The second-order valence-electron chi connectivity index (χ2n) is 6.43. The molecule has 2 aromatic carbocycles. The maximum atomic E-state index is 13.0. The van der Waals surface area contributed by atoms with Crippen molar-refractivity contribution in [1.29, 1.82) is 0 Å². The quantitative estimate of drug-likeness (QED) is 0.460. The summed E-state index contributed by atoms with van der Waals surface area (Å²) < 4.78 is 38.6. The molecule has 2 aromatic heterocycles. The first-order chi connectivity index (χ1) is 13.8. The number of aryl methyl sites for hydroxylation is 1. The summed E-state index contributed by atoms with van der Waals surface area (Å²) in [4.78, 5) is 0.0797. The van der Waals surface area contributed by atoms with Crippen LogP contribution in [-0.2, 0) is 16.6 Å². The summed E-state index contributed by atoms with van der Waals surface area (Å²) in [6, 6.07) is 10.1. The molecule has 150 valence electrons. The molecule has 0 saturated carbocycles. The Morgan fingerprint density at radius 3 is 2.69 bits per heavy atom. The third-order valence-corrected chi connectivity index (χ3v) is 7.00. The molecule has 4 rings (SSSR count). The summed E-state index contributed by atoms with van der Waals surface area (Å²) >= 11 is 13.2. The highest BCUT2D eigenvalue weighted by atomic mass is 35.5. The van der Waals surface area contributed by atoms with Gasteiger partial charge >= 0.3 is 0 Å². The Balaban J connectivity index is 1.68. The van der Waals surface area contributed by atoms with Crippen LogP contribution in [0.2, 0.25) is 10.0 Å². The molecule has 0 saturated heterocycles. The Morgan fingerprint density at radius 2 is 1.93 bits per heavy atom. The van der Waals surface area contributed by atoms with E-state index in [1.54, 1.807) is 42.8 Å². The van der Waals surface area contributed by atoms with Gasteiger partial charge in [0.05, 0.1) is 35.3 Å². The van der Waals surface area contributed by atoms with Crippen LogP contribution < -0.4 is 4.72 Å². The van der Waals surface area contributed by atoms with Crippen LogP contribution in [0, 0.1) is 13.8 Å². The van der Waals surface area contributed by atoms with Crippen molar-refractivity contribution >= 4 is 61.7 Å². The topological polar surface area (TPSA) is 89.8 Å². The molecule has 2 heterocycles. The van der Waals surface area contributed by atoms with Crippen LogP contribution in [-0.4, -0.2) is 26.9 Å². The zero-order chi connectivity index (χ0) is 20.8. The van der Waals surface area contributed by atoms with E-state index >= 15 is 0 Å². The number of aromatic nitrogens is 4. The van der Waals surface area contributed by atoms with Crippen molar-refractivity contribution in [2.45, 2.75) is 25.3 Å². The van der Waals surface area contributed by atoms with Gasteiger partial charge in [-0.2, -0.15) is 13.8 Å². The summed E-state index contributed by atoms with van der Waals surface area (Å²) in [5, 5.41) is 5.54. The number of anilines is 1. The van der Waals surface area contributed by atoms with E-state index in [0.717, 1.165) is 17.3 Å². The van der Waals surface area contributed by atoms with Crippen LogP contribution in [0.5, 0.6) is 0 Å². The molecular weight excluding hydrogens is 453 g/mol. The van der Waals surface area contributed by atoms with Gasteiger partial charge < -0.3 is 0 Å². The fraction of sp³-hybridized carbons (Fsp3) is 0.167. The number of nitrogens with one attached hydrogen (secondary N) is 1. The molecule has 0 fully saturated rings. The average molecular weight is 468 g/mol. The largest absolute Gasteiger partial charge is 0.276 e. The third kappa shape index (κ3) is 3.83. The van der Waals surface area contributed by atoms with Gasteiger partial charge in [0.1, 0.15) is 15.9 Å². The van der Waals surface area contributed by atoms with E-state index in [-0.39, 0.29) is 4.90 Å². The van der Waals surface area contributed by atoms with E-state index in [2.05, 4.69) is 18.6 Å². The van der Waals surface area contributed by atoms with Crippen LogP contribution >= 0.6 is 34.9 Å². The minimum atomic E-state index is -3.87. The van der Waals surface area contributed by atoms with Crippen molar-refractivity contribution in [1.82, 2.24) is 18.5 Å². The third-order valence-electron chi connectivity index (χ3n) is 4.49. The van der Waals surface area contributed by atoms with Crippen molar-refractivity contribution < 1.29 is 8.42 Å². The lowest BCUT2D eigenvalue weighted by Crippen LogP contribution is -2.15. The Morgan fingerprint density at radius 1 is 1.14 bits per heavy atom. The number of benzene rings is 2. The van der Waals surface area contributed by atoms with Gasteiger partial charge in [0.2, 0.25) is 0 Å². The van der Waals surface area contributed by atoms with Gasteiger partial charge in [-0.25, -0.2) is 8.42 Å². The lowest BCUT2D eigenvalue weighted by atomic mass is 10.2. The molecule has 0 spiro atoms. The van der Waals surface area contributed by atoms with Gasteiger partial charge in [0.15, 0.2) is 0 Å². The number of fused-ring (bicyclic) bond motifs is 1. The van der Waals surface area contributed by atoms with Gasteiger partial charge in [0, 0.05) is 10.0 Å². The number of rotatable bonds is 5. The van der Waals surface area contributed by atoms with Gasteiger partial charge in [-0.05, 0) is 43.7 Å². The van der Waals surface area contributed by atoms with E-state index in [1.807, 2.05) is 6.07 Å². The van der Waals surface area contributed by atoms with E-state index in [1.165, 1.54) is 6.07 Å². The Bertz CT molecular complexity index is 1330. The normalized spacial score (nSPS) is 11.9. The molecule has 0 aliphatic carbocycles. The predicted molar refractivity (Wildman–Crippen MR) is 115 cm³/mol. The first kappa shape index (κ1) is 20.1. The zero-order valence-electron chi connectivity index (χ0n) is 15.3. The van der Waals surface area contributed by atoms with Crippen molar-refractivity contribution in [3.8, 4) is 0 Å². The minimum Gasteiger partial charge on any atom is -0.276 e. The molecule has 0 amide bonds. The molecule has 11 heteroatoms. The highest BCUT2D eigenvalue weighted by Gasteiger charge is 2.23. The fourth-order valence-electron chi connectivity index (χ4n) is 3.00. The van der Waals surface area contributed by atoms with E-state index in [4.69, 9.17) is 23.2 Å². The van der Waals surface area contributed by atoms with Gasteiger partial charge in [-0.15, -0.1) is 0 Å². The Kier molecular flexibility index (Phi) is 5.24. The highest BCUT2D eigenvalue weighted by molar-refractivity contribution is 7.93. The lowest BCUT2D eigenvalue weighted by Gasteiger charge is -2.10. The summed E-state index contributed by atoms with van der Waals surface area (Å²) in [6.45, 7) is 3.93. The standard InChI is InChI=1S/C18H15Cl2N5O2S2/c1-10-17(11(2)25(21-10)9-12-6-7-13(19)8-14(12)20)24-29(26,27)16-5-3-4-15-18(16)23-28-22-15/h3-8,24H,9H2,1-2H3. The Hall–Kier alpha value is -2.20. The smallest absolute Gasteiger partial charge is 0.264 e. The van der Waals surface area contributed by atoms with Crippen LogP contribution in [0.25, 0.3) is 11.0 Å². The second-order valence-corrected chi connectivity index (χ2v) is 9.46. The van der Waals surface area contributed by atoms with Gasteiger partial charge in [0.25, 0.3) is 10.0 Å². The number of nitrogens with zero attached hydrogens (tertiary/aromatic N) is 4. The Labute approximate surface area is 181 Å². The maximum absolute atomic E-state index is 13.0. The SMILES string of the molecule is Cc1nn(Cc2ccc(Cl)cc2Cl)c(C)c1NS(=O)(=O)c1cccc2nsnc12. The molecule has 1 N–H and O–H groups in total. The summed E-state index contributed by atoms with van der Waals surface area (Å²) in [6.07, 6.45) is 0. The van der Waals surface area contributed by atoms with E-state index in [0.29, 0.717) is 44.7 Å². The van der Waals surface area contributed by atoms with Gasteiger partial charge in [-0.3, -0.25) is 9.40 Å². The average Bonchev–Trinajstić information content (AvgIpc) is 3.24. The number of hydrogen-bond acceptors (Lipinski definition) is 6. The molecule has 0 aliphatic heterocycles. The number of halogens is 2. The van der Waals surface area contributed by atoms with E-state index < -0.39 is 10.0 Å². The number of sulfonamides is 1. The highest BCUT2D eigenvalue weighted by Crippen LogP contribution is 2.28. The van der Waals surface area contributed by atoms with Crippen molar-refractivity contribution in [2.75, 3.05) is 4.72 Å². The molecular formula is C18H15Cl2N5O2S2. The van der Waals surface area contributed by atoms with Gasteiger partial charge in [-0.1, -0.05) is 35.3 Å². The molecule has 7 nitrogen and oxygen atoms in total. The summed E-state index contributed by atoms with van der Waals surface area (Å²) in [5.41, 5.74) is 3.37. The minimum absolute atomic E-state index is 0.0797. The number of hydrogen-bond donors (Lipinski definition) is 1. The van der Waals surface area contributed by atoms with Crippen LogP contribution in [0.3, 0.4) is 0 Å². The first-order valence-corrected chi connectivity index (χ1v) is 11.5. The monoisotopic (exact) mass is 467 g/mol. The summed E-state index contributed by atoms with van der Waals surface area (Å²) in [7, 11) is -3.87. The maximum Gasteiger partial charge on any atom is 0.264 e. The molecule has 0 aliphatic rings. The van der Waals surface area contributed by atoms with E-state index in [9.17, 15) is 8.42 Å². The van der Waals surface area contributed by atoms with Crippen molar-refractivity contribution in [2.24, 2.45) is 0 Å². The molecule has 0 radical (unpaired) electrons. The summed E-state index contributed by atoms with van der Waals surface area (Å²) in [5.74, 6) is 0. The zero-order valence-corrected chi connectivity index (χ0v) is 18.5. The predicted octanol–water partition coefficient (Wildman–Crippen LogP) is 4.66. The molecule has 0 bridgehead atoms. The first-order valence-electron chi connectivity index (χ1n) is 8.48. The molecule has 0 atom stereocenters. The van der Waals surface area contributed by atoms with Crippen LogP contribution in [0.4, 0.5) is 5.69 Å². The molecule has 29 heavy (non-hydrogen) atoms. The van der Waals surface area contributed by atoms with Crippen LogP contribution in [0.15, 0.2) is 41.3 Å². The van der Waals surface area contributed by atoms with Crippen molar-refractivity contribution in [3.05, 3.63) is 63.4 Å².